The van der Waals surface area contributed by atoms with Crippen LogP contribution in [0.5, 0.6) is 0 Å². The molecular formula is C15H16BrClN2. The minimum atomic E-state index is 0.444. The third-order valence-electron chi connectivity index (χ3n) is 3.10. The fourth-order valence-electron chi connectivity index (χ4n) is 1.95. The van der Waals surface area contributed by atoms with E-state index >= 15 is 0 Å². The Morgan fingerprint density at radius 2 is 1.95 bits per heavy atom. The van der Waals surface area contributed by atoms with E-state index in [-0.39, 0.29) is 0 Å². The van der Waals surface area contributed by atoms with Crippen LogP contribution >= 0.6 is 27.5 Å². The van der Waals surface area contributed by atoms with Crippen molar-refractivity contribution in [3.8, 4) is 0 Å². The van der Waals surface area contributed by atoms with Gasteiger partial charge >= 0.3 is 0 Å². The molecule has 4 heteroatoms. The van der Waals surface area contributed by atoms with E-state index in [0.717, 1.165) is 28.0 Å². The van der Waals surface area contributed by atoms with Gasteiger partial charge in [0.25, 0.3) is 0 Å². The second-order valence-electron chi connectivity index (χ2n) is 4.35. The molecule has 0 aliphatic rings. The van der Waals surface area contributed by atoms with Crippen LogP contribution < -0.4 is 4.90 Å². The summed E-state index contributed by atoms with van der Waals surface area (Å²) in [7, 11) is 2.01. The van der Waals surface area contributed by atoms with Gasteiger partial charge in [0.15, 0.2) is 0 Å². The van der Waals surface area contributed by atoms with Crippen molar-refractivity contribution in [3.05, 3.63) is 52.1 Å². The van der Waals surface area contributed by atoms with Gasteiger partial charge in [0.2, 0.25) is 0 Å². The highest BCUT2D eigenvalue weighted by atomic mass is 79.9. The van der Waals surface area contributed by atoms with Crippen molar-refractivity contribution in [2.45, 2.75) is 19.2 Å². The zero-order valence-corrected chi connectivity index (χ0v) is 13.4. The Kier molecular flexibility index (Phi) is 4.83. The number of halogens is 2. The number of aromatic nitrogens is 1. The van der Waals surface area contributed by atoms with Crippen LogP contribution in [-0.4, -0.2) is 12.0 Å². The Morgan fingerprint density at radius 3 is 2.53 bits per heavy atom. The minimum Gasteiger partial charge on any atom is -0.329 e. The third kappa shape index (κ3) is 3.28. The SMILES string of the molecule is CCc1ccc(N(C)c2ncc(Br)cc2CCl)cc1. The molecule has 0 unspecified atom stereocenters. The second kappa shape index (κ2) is 6.40. The lowest BCUT2D eigenvalue weighted by Crippen LogP contribution is -2.13. The predicted molar refractivity (Wildman–Crippen MR) is 85.4 cm³/mol. The predicted octanol–water partition coefficient (Wildman–Crippen LogP) is 4.91. The van der Waals surface area contributed by atoms with Gasteiger partial charge in [0, 0.05) is 29.0 Å². The molecule has 0 bridgehead atoms. The highest BCUT2D eigenvalue weighted by Gasteiger charge is 2.11. The first kappa shape index (κ1) is 14.4. The van der Waals surface area contributed by atoms with Gasteiger partial charge in [-0.15, -0.1) is 11.6 Å². The maximum Gasteiger partial charge on any atom is 0.137 e. The van der Waals surface area contributed by atoms with E-state index in [2.05, 4.69) is 57.0 Å². The molecule has 1 aromatic carbocycles. The van der Waals surface area contributed by atoms with Crippen molar-refractivity contribution in [2.75, 3.05) is 11.9 Å². The number of hydrogen-bond acceptors (Lipinski definition) is 2. The highest BCUT2D eigenvalue weighted by molar-refractivity contribution is 9.10. The largest absolute Gasteiger partial charge is 0.329 e. The molecule has 2 nitrogen and oxygen atoms in total. The van der Waals surface area contributed by atoms with Gasteiger partial charge < -0.3 is 4.90 Å². The van der Waals surface area contributed by atoms with Crippen molar-refractivity contribution in [1.82, 2.24) is 4.98 Å². The molecule has 2 rings (SSSR count). The highest BCUT2D eigenvalue weighted by Crippen LogP contribution is 2.28. The number of pyridine rings is 1. The number of aryl methyl sites for hydroxylation is 1. The monoisotopic (exact) mass is 338 g/mol. The zero-order chi connectivity index (χ0) is 13.8. The number of benzene rings is 1. The average molecular weight is 340 g/mol. The zero-order valence-electron chi connectivity index (χ0n) is 11.0. The fraction of sp³-hybridized carbons (Fsp3) is 0.267. The van der Waals surface area contributed by atoms with Crippen LogP contribution in [-0.2, 0) is 12.3 Å². The summed E-state index contributed by atoms with van der Waals surface area (Å²) in [6.07, 6.45) is 2.84. The first-order valence-corrected chi connectivity index (χ1v) is 7.51. The van der Waals surface area contributed by atoms with Crippen molar-refractivity contribution in [1.29, 1.82) is 0 Å². The van der Waals surface area contributed by atoms with Crippen LogP contribution in [0.4, 0.5) is 11.5 Å². The molecule has 100 valence electrons. The van der Waals surface area contributed by atoms with Gasteiger partial charge in [-0.05, 0) is 46.1 Å². The van der Waals surface area contributed by atoms with Gasteiger partial charge in [-0.25, -0.2) is 4.98 Å². The first-order chi connectivity index (χ1) is 9.15. The fourth-order valence-corrected chi connectivity index (χ4v) is 2.53. The van der Waals surface area contributed by atoms with Crippen molar-refractivity contribution in [3.63, 3.8) is 0 Å². The summed E-state index contributed by atoms with van der Waals surface area (Å²) in [5.74, 6) is 1.33. The molecule has 0 spiro atoms. The number of nitrogens with zero attached hydrogens (tertiary/aromatic N) is 2. The molecule has 0 saturated heterocycles. The standard InChI is InChI=1S/C15H16BrClN2/c1-3-11-4-6-14(7-5-11)19(2)15-12(9-17)8-13(16)10-18-15/h4-8,10H,3,9H2,1-2H3. The van der Waals surface area contributed by atoms with E-state index in [1.165, 1.54) is 5.56 Å². The van der Waals surface area contributed by atoms with Crippen molar-refractivity contribution < 1.29 is 0 Å². The van der Waals surface area contributed by atoms with Gasteiger partial charge in [-0.2, -0.15) is 0 Å². The van der Waals surface area contributed by atoms with E-state index in [4.69, 9.17) is 11.6 Å². The van der Waals surface area contributed by atoms with Crippen LogP contribution in [0.1, 0.15) is 18.1 Å². The minimum absolute atomic E-state index is 0.444. The summed E-state index contributed by atoms with van der Waals surface area (Å²) in [6, 6.07) is 10.5. The smallest absolute Gasteiger partial charge is 0.137 e. The summed E-state index contributed by atoms with van der Waals surface area (Å²) >= 11 is 9.42. The normalized spacial score (nSPS) is 10.5. The Bertz CT molecular complexity index is 555. The summed E-state index contributed by atoms with van der Waals surface area (Å²) in [4.78, 5) is 6.52. The maximum atomic E-state index is 6.00. The third-order valence-corrected chi connectivity index (χ3v) is 3.82. The summed E-state index contributed by atoms with van der Waals surface area (Å²) in [5, 5.41) is 0. The van der Waals surface area contributed by atoms with Gasteiger partial charge in [0.05, 0.1) is 5.88 Å². The molecule has 0 radical (unpaired) electrons. The van der Waals surface area contributed by atoms with E-state index in [9.17, 15) is 0 Å². The van der Waals surface area contributed by atoms with Gasteiger partial charge in [0.1, 0.15) is 5.82 Å². The molecule has 0 fully saturated rings. The summed E-state index contributed by atoms with van der Waals surface area (Å²) in [5.41, 5.74) is 3.45. The lowest BCUT2D eigenvalue weighted by Gasteiger charge is -2.21. The Morgan fingerprint density at radius 1 is 1.26 bits per heavy atom. The number of anilines is 2. The van der Waals surface area contributed by atoms with Crippen molar-refractivity contribution in [2.24, 2.45) is 0 Å². The molecule has 0 saturated carbocycles. The second-order valence-corrected chi connectivity index (χ2v) is 5.53. The molecule has 1 heterocycles. The molecule has 2 aromatic rings. The van der Waals surface area contributed by atoms with Crippen LogP contribution in [0.25, 0.3) is 0 Å². The van der Waals surface area contributed by atoms with Crippen LogP contribution in [0.2, 0.25) is 0 Å². The topological polar surface area (TPSA) is 16.1 Å². The molecular weight excluding hydrogens is 324 g/mol. The summed E-state index contributed by atoms with van der Waals surface area (Å²) < 4.78 is 0.946. The number of rotatable bonds is 4. The maximum absolute atomic E-state index is 6.00. The van der Waals surface area contributed by atoms with Crippen LogP contribution in [0.3, 0.4) is 0 Å². The van der Waals surface area contributed by atoms with Crippen LogP contribution in [0.15, 0.2) is 41.0 Å². The van der Waals surface area contributed by atoms with E-state index < -0.39 is 0 Å². The lowest BCUT2D eigenvalue weighted by atomic mass is 10.1. The van der Waals surface area contributed by atoms with Crippen molar-refractivity contribution >= 4 is 39.0 Å². The quantitative estimate of drug-likeness (QED) is 0.736. The van der Waals surface area contributed by atoms with Gasteiger partial charge in [-0.1, -0.05) is 19.1 Å². The number of hydrogen-bond donors (Lipinski definition) is 0. The number of alkyl halides is 1. The molecule has 0 N–H and O–H groups in total. The van der Waals surface area contributed by atoms with E-state index in [0.29, 0.717) is 5.88 Å². The molecule has 19 heavy (non-hydrogen) atoms. The van der Waals surface area contributed by atoms with Gasteiger partial charge in [-0.3, -0.25) is 0 Å². The molecule has 0 aliphatic heterocycles. The molecule has 0 atom stereocenters. The Balaban J connectivity index is 2.34. The molecule has 0 aliphatic carbocycles. The Labute approximate surface area is 127 Å². The lowest BCUT2D eigenvalue weighted by molar-refractivity contribution is 1.08. The summed E-state index contributed by atoms with van der Waals surface area (Å²) in [6.45, 7) is 2.15. The van der Waals surface area contributed by atoms with Crippen LogP contribution in [0, 0.1) is 0 Å². The average Bonchev–Trinajstić information content (AvgIpc) is 2.46. The molecule has 0 amide bonds. The van der Waals surface area contributed by atoms with E-state index in [1.54, 1.807) is 6.20 Å². The first-order valence-electron chi connectivity index (χ1n) is 6.18. The molecule has 1 aromatic heterocycles. The van der Waals surface area contributed by atoms with E-state index in [1.807, 2.05) is 13.1 Å². The Hall–Kier alpha value is -1.06.